The van der Waals surface area contributed by atoms with Crippen molar-refractivity contribution in [2.24, 2.45) is 9.94 Å². The van der Waals surface area contributed by atoms with E-state index >= 15 is 0 Å². The number of amidine groups is 1. The number of benzene rings is 2. The molecule has 1 aliphatic rings. The number of rotatable bonds is 7. The van der Waals surface area contributed by atoms with E-state index in [4.69, 9.17) is 4.74 Å². The van der Waals surface area contributed by atoms with Gasteiger partial charge in [0.25, 0.3) is 0 Å². The molecule has 0 aromatic heterocycles. The molecule has 1 heterocycles. The average molecular weight is 628 g/mol. The summed E-state index contributed by atoms with van der Waals surface area (Å²) < 4.78 is 10.0. The molecule has 0 amide bonds. The van der Waals surface area contributed by atoms with Gasteiger partial charge < -0.3 is 14.7 Å². The number of likely N-dealkylation sites (tertiary alicyclic amines) is 1. The highest BCUT2D eigenvalue weighted by molar-refractivity contribution is 9.08. The third kappa shape index (κ3) is 7.79. The van der Waals surface area contributed by atoms with E-state index in [9.17, 15) is 14.7 Å². The molecule has 41 heavy (non-hydrogen) atoms. The van der Waals surface area contributed by atoms with Gasteiger partial charge in [0.15, 0.2) is 5.78 Å². The zero-order valence-electron chi connectivity index (χ0n) is 26.4. The molecular weight excluding hydrogens is 580 g/mol. The van der Waals surface area contributed by atoms with E-state index in [0.717, 1.165) is 35.4 Å². The van der Waals surface area contributed by atoms with Crippen LogP contribution in [0.2, 0.25) is 0 Å². The van der Waals surface area contributed by atoms with Gasteiger partial charge in [0.2, 0.25) is 0 Å². The lowest BCUT2D eigenvalue weighted by atomic mass is 9.78. The van der Waals surface area contributed by atoms with Crippen molar-refractivity contribution in [3.8, 4) is 5.75 Å². The Hall–Kier alpha value is -2.67. The molecule has 7 heteroatoms. The number of ether oxygens (including phenoxy) is 1. The number of carbonyl (C=O) groups excluding carboxylic acids is 2. The highest BCUT2D eigenvalue weighted by Crippen LogP contribution is 2.41. The normalized spacial score (nSPS) is 19.1. The van der Waals surface area contributed by atoms with Crippen LogP contribution in [0.15, 0.2) is 40.4 Å². The summed E-state index contributed by atoms with van der Waals surface area (Å²) in [5.41, 5.74) is 2.51. The topological polar surface area (TPSA) is 79.2 Å². The number of aromatic hydroxyl groups is 1. The minimum atomic E-state index is -0.560. The molecule has 0 aliphatic carbocycles. The van der Waals surface area contributed by atoms with Crippen LogP contribution in [-0.4, -0.2) is 46.3 Å². The largest absolute Gasteiger partial charge is 0.507 e. The second-order valence-corrected chi connectivity index (χ2v) is 14.7. The standard InChI is InChI=1S/C34H47BrN2O4/c1-11-12-23-19-37(20-27(38)24-17-25(32(2,3)4)29(39)26(18-24)33(5,6)7)30(36-35)28(23)21-13-15-22(16-14-21)31(40)41-34(8,9)10/h13-18,23,28,39H,11-12,19-20H2,1-10H3/t23-,28+/m0/s1. The molecule has 6 nitrogen and oxygen atoms in total. The average Bonchev–Trinajstić information content (AvgIpc) is 3.18. The summed E-state index contributed by atoms with van der Waals surface area (Å²) in [7, 11) is 0. The molecule has 0 radical (unpaired) electrons. The van der Waals surface area contributed by atoms with Crippen LogP contribution in [0.25, 0.3) is 0 Å². The van der Waals surface area contributed by atoms with Gasteiger partial charge in [-0.2, -0.15) is 4.02 Å². The highest BCUT2D eigenvalue weighted by Gasteiger charge is 2.40. The van der Waals surface area contributed by atoms with Crippen LogP contribution in [0.5, 0.6) is 5.75 Å². The third-order valence-corrected chi connectivity index (χ3v) is 7.92. The lowest BCUT2D eigenvalue weighted by Gasteiger charge is -2.28. The maximum Gasteiger partial charge on any atom is 0.338 e. The fourth-order valence-corrected chi connectivity index (χ4v) is 6.00. The number of esters is 1. The number of halogens is 1. The Morgan fingerprint density at radius 1 is 0.951 bits per heavy atom. The molecule has 0 bridgehead atoms. The first-order chi connectivity index (χ1) is 18.9. The van der Waals surface area contributed by atoms with Gasteiger partial charge in [-0.05, 0) is 73.8 Å². The minimum absolute atomic E-state index is 0.00850. The van der Waals surface area contributed by atoms with Gasteiger partial charge in [0, 0.05) is 29.2 Å². The number of phenols is 1. The van der Waals surface area contributed by atoms with Crippen molar-refractivity contribution in [2.75, 3.05) is 13.1 Å². The Kier molecular flexibility index (Phi) is 9.84. The maximum atomic E-state index is 13.8. The van der Waals surface area contributed by atoms with Gasteiger partial charge in [-0.3, -0.25) is 4.79 Å². The number of nitrogens with zero attached hydrogens (tertiary/aromatic N) is 2. The number of hydrogen-bond acceptors (Lipinski definition) is 5. The molecule has 2 aromatic carbocycles. The van der Waals surface area contributed by atoms with Crippen molar-refractivity contribution < 1.29 is 19.4 Å². The van der Waals surface area contributed by atoms with Crippen molar-refractivity contribution in [2.45, 2.75) is 104 Å². The summed E-state index contributed by atoms with van der Waals surface area (Å²) in [6.45, 7) is 20.9. The van der Waals surface area contributed by atoms with E-state index in [1.165, 1.54) is 0 Å². The van der Waals surface area contributed by atoms with Gasteiger partial charge in [-0.25, -0.2) is 4.79 Å². The van der Waals surface area contributed by atoms with Crippen LogP contribution in [0.3, 0.4) is 0 Å². The number of phenolic OH excluding ortho intramolecular Hbond substituents is 1. The van der Waals surface area contributed by atoms with Crippen LogP contribution < -0.4 is 0 Å². The Morgan fingerprint density at radius 2 is 1.49 bits per heavy atom. The fraction of sp³-hybridized carbons (Fsp3) is 0.559. The highest BCUT2D eigenvalue weighted by atomic mass is 79.9. The summed E-state index contributed by atoms with van der Waals surface area (Å²) in [5.74, 6) is 0.985. The molecule has 0 spiro atoms. The van der Waals surface area contributed by atoms with Gasteiger partial charge >= 0.3 is 5.97 Å². The maximum absolute atomic E-state index is 13.8. The Balaban J connectivity index is 1.93. The first-order valence-corrected chi connectivity index (χ1v) is 15.3. The van der Waals surface area contributed by atoms with E-state index in [1.54, 1.807) is 0 Å². The number of ketones is 1. The van der Waals surface area contributed by atoms with Crippen molar-refractivity contribution in [3.05, 3.63) is 64.2 Å². The first-order valence-electron chi connectivity index (χ1n) is 14.6. The predicted molar refractivity (Wildman–Crippen MR) is 171 cm³/mol. The van der Waals surface area contributed by atoms with E-state index in [-0.39, 0.29) is 46.7 Å². The van der Waals surface area contributed by atoms with Crippen LogP contribution in [-0.2, 0) is 15.6 Å². The van der Waals surface area contributed by atoms with E-state index < -0.39 is 5.60 Å². The zero-order valence-corrected chi connectivity index (χ0v) is 28.0. The predicted octanol–water partition coefficient (Wildman–Crippen LogP) is 8.35. The molecule has 2 atom stereocenters. The lowest BCUT2D eigenvalue weighted by Crippen LogP contribution is -2.32. The first kappa shape index (κ1) is 32.8. The molecule has 3 rings (SSSR count). The molecular formula is C34H47BrN2O4. The summed E-state index contributed by atoms with van der Waals surface area (Å²) in [6.07, 6.45) is 1.99. The molecule has 1 N–H and O–H groups in total. The fourth-order valence-electron chi connectivity index (χ4n) is 5.56. The summed E-state index contributed by atoms with van der Waals surface area (Å²) in [6, 6.07) is 11.3. The monoisotopic (exact) mass is 626 g/mol. The molecule has 2 aromatic rings. The van der Waals surface area contributed by atoms with Crippen molar-refractivity contribution in [1.29, 1.82) is 0 Å². The third-order valence-electron chi connectivity index (χ3n) is 7.56. The second kappa shape index (κ2) is 12.3. The SMILES string of the molecule is CCC[C@H]1CN(CC(=O)c2cc(C(C)(C)C)c(O)c(C(C)(C)C)c2)C(=NBr)[C@@H]1c1ccc(C(=O)OC(C)(C)C)cc1. The van der Waals surface area contributed by atoms with Crippen molar-refractivity contribution in [1.82, 2.24) is 4.90 Å². The molecule has 224 valence electrons. The Labute approximate surface area is 254 Å². The van der Waals surface area contributed by atoms with Crippen molar-refractivity contribution >= 4 is 33.7 Å². The number of carbonyl (C=O) groups is 2. The van der Waals surface area contributed by atoms with Crippen LogP contribution in [0.1, 0.15) is 125 Å². The zero-order chi connectivity index (χ0) is 30.9. The minimum Gasteiger partial charge on any atom is -0.507 e. The van der Waals surface area contributed by atoms with Gasteiger partial charge in [-0.1, -0.05) is 67.0 Å². The van der Waals surface area contributed by atoms with E-state index in [0.29, 0.717) is 17.7 Å². The van der Waals surface area contributed by atoms with E-state index in [2.05, 4.69) is 32.0 Å². The van der Waals surface area contributed by atoms with E-state index in [1.807, 2.05) is 98.7 Å². The van der Waals surface area contributed by atoms with Crippen LogP contribution >= 0.6 is 16.1 Å². The Morgan fingerprint density at radius 3 is 1.93 bits per heavy atom. The molecule has 1 saturated heterocycles. The van der Waals surface area contributed by atoms with Gasteiger partial charge in [-0.15, -0.1) is 0 Å². The van der Waals surface area contributed by atoms with Crippen molar-refractivity contribution in [3.63, 3.8) is 0 Å². The summed E-state index contributed by atoms with van der Waals surface area (Å²) >= 11 is 3.36. The lowest BCUT2D eigenvalue weighted by molar-refractivity contribution is 0.00693. The summed E-state index contributed by atoms with van der Waals surface area (Å²) in [5, 5.41) is 11.1. The van der Waals surface area contributed by atoms with Gasteiger partial charge in [0.1, 0.15) is 17.2 Å². The quantitative estimate of drug-likeness (QED) is 0.247. The van der Waals surface area contributed by atoms with Gasteiger partial charge in [0.05, 0.1) is 28.3 Å². The smallest absolute Gasteiger partial charge is 0.338 e. The Bertz CT molecular complexity index is 1260. The molecule has 0 unspecified atom stereocenters. The van der Waals surface area contributed by atoms with Crippen LogP contribution in [0.4, 0.5) is 0 Å². The molecule has 1 fully saturated rings. The number of hydrogen-bond donors (Lipinski definition) is 1. The molecule has 1 aliphatic heterocycles. The second-order valence-electron chi connectivity index (χ2n) is 14.3. The van der Waals surface area contributed by atoms with Crippen LogP contribution in [0, 0.1) is 5.92 Å². The molecule has 0 saturated carbocycles. The summed E-state index contributed by atoms with van der Waals surface area (Å²) in [4.78, 5) is 28.5. The number of Topliss-reactive ketones (excluding diaryl/α,β-unsaturated/α-hetero) is 1.